The number of esters is 1. The molecule has 0 aliphatic heterocycles. The number of aliphatic hydroxyl groups is 1. The van der Waals surface area contributed by atoms with Crippen LogP contribution in [0.25, 0.3) is 0 Å². The number of allylic oxidation sites excluding steroid dienone is 2. The molecule has 2 fully saturated rings. The molecule has 5 rings (SSSR count). The molecule has 2 saturated carbocycles. The maximum Gasteiger partial charge on any atom is 0.338 e. The molecule has 3 aliphatic carbocycles. The highest BCUT2D eigenvalue weighted by atomic mass is 16.6. The molecular formula is C30H34O4. The summed E-state index contributed by atoms with van der Waals surface area (Å²) < 4.78 is 12.6. The van der Waals surface area contributed by atoms with Gasteiger partial charge in [0.05, 0.1) is 5.57 Å². The number of carbonyl (C=O) groups excluding carboxylic acids is 1. The molecule has 2 aromatic rings. The molecule has 0 heterocycles. The van der Waals surface area contributed by atoms with Crippen LogP contribution in [-0.2, 0) is 19.7 Å². The molecule has 34 heavy (non-hydrogen) atoms. The molecule has 3 aliphatic rings. The molecule has 2 aromatic carbocycles. The van der Waals surface area contributed by atoms with Gasteiger partial charge in [-0.15, -0.1) is 0 Å². The van der Waals surface area contributed by atoms with Gasteiger partial charge >= 0.3 is 5.97 Å². The van der Waals surface area contributed by atoms with E-state index in [9.17, 15) is 9.90 Å². The number of rotatable bonds is 6. The van der Waals surface area contributed by atoms with E-state index in [0.717, 1.165) is 6.42 Å². The van der Waals surface area contributed by atoms with Gasteiger partial charge in [-0.25, -0.2) is 4.79 Å². The molecule has 7 unspecified atom stereocenters. The van der Waals surface area contributed by atoms with E-state index in [4.69, 9.17) is 9.47 Å². The van der Waals surface area contributed by atoms with Crippen molar-refractivity contribution in [1.82, 2.24) is 0 Å². The van der Waals surface area contributed by atoms with Gasteiger partial charge in [0.1, 0.15) is 12.2 Å². The smallest absolute Gasteiger partial charge is 0.338 e. The van der Waals surface area contributed by atoms with E-state index in [1.165, 1.54) is 11.1 Å². The number of benzene rings is 2. The summed E-state index contributed by atoms with van der Waals surface area (Å²) in [4.78, 5) is 13.1. The maximum atomic E-state index is 13.1. The summed E-state index contributed by atoms with van der Waals surface area (Å²) in [7, 11) is 0. The molecule has 178 valence electrons. The van der Waals surface area contributed by atoms with E-state index in [-0.39, 0.29) is 29.3 Å². The second-order valence-corrected chi connectivity index (χ2v) is 10.4. The van der Waals surface area contributed by atoms with Crippen LogP contribution in [0.2, 0.25) is 0 Å². The van der Waals surface area contributed by atoms with E-state index < -0.39 is 12.4 Å². The highest BCUT2D eigenvalue weighted by Crippen LogP contribution is 2.68. The second kappa shape index (κ2) is 8.83. The second-order valence-electron chi connectivity index (χ2n) is 10.4. The molecule has 0 radical (unpaired) electrons. The Morgan fingerprint density at radius 1 is 1.03 bits per heavy atom. The predicted molar refractivity (Wildman–Crippen MR) is 132 cm³/mol. The van der Waals surface area contributed by atoms with Crippen LogP contribution >= 0.6 is 0 Å². The molecule has 0 amide bonds. The van der Waals surface area contributed by atoms with Crippen molar-refractivity contribution in [2.45, 2.75) is 63.9 Å². The van der Waals surface area contributed by atoms with Crippen LogP contribution in [0.1, 0.15) is 63.0 Å². The minimum absolute atomic E-state index is 0.0128. The van der Waals surface area contributed by atoms with E-state index in [0.29, 0.717) is 23.0 Å². The molecule has 1 N–H and O–H groups in total. The van der Waals surface area contributed by atoms with Crippen LogP contribution in [-0.4, -0.2) is 23.3 Å². The Morgan fingerprint density at radius 2 is 1.74 bits per heavy atom. The third-order valence-electron chi connectivity index (χ3n) is 8.38. The van der Waals surface area contributed by atoms with Crippen LogP contribution < -0.4 is 0 Å². The van der Waals surface area contributed by atoms with Crippen molar-refractivity contribution in [3.05, 3.63) is 95.1 Å². The van der Waals surface area contributed by atoms with E-state index >= 15 is 0 Å². The molecule has 0 spiro atoms. The van der Waals surface area contributed by atoms with Gasteiger partial charge in [0.25, 0.3) is 0 Å². The summed E-state index contributed by atoms with van der Waals surface area (Å²) >= 11 is 0. The third kappa shape index (κ3) is 3.55. The van der Waals surface area contributed by atoms with Crippen molar-refractivity contribution in [3.8, 4) is 0 Å². The topological polar surface area (TPSA) is 55.8 Å². The number of hydrogen-bond donors (Lipinski definition) is 1. The number of aliphatic hydroxyl groups excluding tert-OH is 1. The van der Waals surface area contributed by atoms with Gasteiger partial charge in [-0.05, 0) is 54.6 Å². The Kier molecular flexibility index (Phi) is 5.99. The van der Waals surface area contributed by atoms with Crippen molar-refractivity contribution in [1.29, 1.82) is 0 Å². The fraction of sp³-hybridized carbons (Fsp3) is 0.433. The number of ether oxygens (including phenoxy) is 2. The van der Waals surface area contributed by atoms with E-state index in [1.54, 1.807) is 12.2 Å². The lowest BCUT2D eigenvalue weighted by Gasteiger charge is -2.42. The van der Waals surface area contributed by atoms with Gasteiger partial charge in [0.15, 0.2) is 6.29 Å². The zero-order valence-electron chi connectivity index (χ0n) is 20.3. The quantitative estimate of drug-likeness (QED) is 0.256. The molecular weight excluding hydrogens is 424 g/mol. The molecule has 0 aromatic heterocycles. The van der Waals surface area contributed by atoms with Gasteiger partial charge in [-0.2, -0.15) is 0 Å². The fourth-order valence-corrected chi connectivity index (χ4v) is 7.10. The molecule has 4 heteroatoms. The number of fused-ring (bicyclic) bond motifs is 7. The Morgan fingerprint density at radius 3 is 2.44 bits per heavy atom. The Balaban J connectivity index is 1.50. The number of hydrogen-bond acceptors (Lipinski definition) is 4. The first-order valence-electron chi connectivity index (χ1n) is 12.4. The summed E-state index contributed by atoms with van der Waals surface area (Å²) in [5.41, 5.74) is 4.01. The van der Waals surface area contributed by atoms with Gasteiger partial charge in [0.2, 0.25) is 0 Å². The highest BCUT2D eigenvalue weighted by molar-refractivity contribution is 5.91. The summed E-state index contributed by atoms with van der Waals surface area (Å²) in [6, 6.07) is 18.1. The minimum atomic E-state index is -1.06. The maximum absolute atomic E-state index is 13.1. The van der Waals surface area contributed by atoms with Gasteiger partial charge < -0.3 is 14.6 Å². The fourth-order valence-electron chi connectivity index (χ4n) is 7.10. The number of carbonyl (C=O) groups is 1. The molecule has 4 nitrogen and oxygen atoms in total. The van der Waals surface area contributed by atoms with Crippen molar-refractivity contribution in [2.24, 2.45) is 17.8 Å². The summed E-state index contributed by atoms with van der Waals surface area (Å²) in [6.45, 7) is 8.38. The molecule has 2 bridgehead atoms. The molecule has 0 saturated heterocycles. The van der Waals surface area contributed by atoms with Gasteiger partial charge in [0, 0.05) is 11.5 Å². The van der Waals surface area contributed by atoms with Crippen LogP contribution in [0.5, 0.6) is 0 Å². The standard InChI is InChI=1S/C30H34O4/c1-5-12-18(6-2)28(31)34-27-22-17-21(26(27)33-29(32)19-13-8-7-9-14-19)24-20-15-10-11-16-23(20)30(3,4)25(22)24/h5-16,21-22,24-27,29,32H,17H2,1-4H3/b12-5-,18-6+. The molecule has 7 atom stereocenters. The summed E-state index contributed by atoms with van der Waals surface area (Å²) in [5.74, 6) is 0.752. The van der Waals surface area contributed by atoms with Crippen molar-refractivity contribution in [2.75, 3.05) is 0 Å². The van der Waals surface area contributed by atoms with Gasteiger partial charge in [-0.3, -0.25) is 0 Å². The van der Waals surface area contributed by atoms with Crippen molar-refractivity contribution in [3.63, 3.8) is 0 Å². The average molecular weight is 459 g/mol. The summed E-state index contributed by atoms with van der Waals surface area (Å²) in [6.07, 6.45) is 4.52. The van der Waals surface area contributed by atoms with Gasteiger partial charge in [-0.1, -0.05) is 86.7 Å². The lowest BCUT2D eigenvalue weighted by molar-refractivity contribution is -0.201. The lowest BCUT2D eigenvalue weighted by atomic mass is 9.67. The van der Waals surface area contributed by atoms with Crippen LogP contribution in [0.15, 0.2) is 78.4 Å². The zero-order chi connectivity index (χ0) is 24.0. The largest absolute Gasteiger partial charge is 0.456 e. The van der Waals surface area contributed by atoms with E-state index in [2.05, 4.69) is 38.1 Å². The SMILES string of the molecule is C/C=C\C(=C/C)C(=O)OC1C2CC(C1OC(O)c1ccccc1)C1c3ccccc3C(C)(C)C21. The average Bonchev–Trinajstić information content (AvgIpc) is 3.47. The Hall–Kier alpha value is -2.69. The van der Waals surface area contributed by atoms with Crippen LogP contribution in [0.4, 0.5) is 0 Å². The first kappa shape index (κ1) is 23.1. The van der Waals surface area contributed by atoms with Crippen molar-refractivity contribution < 1.29 is 19.4 Å². The first-order valence-corrected chi connectivity index (χ1v) is 12.4. The third-order valence-corrected chi connectivity index (χ3v) is 8.38. The van der Waals surface area contributed by atoms with Crippen molar-refractivity contribution >= 4 is 5.97 Å². The monoisotopic (exact) mass is 458 g/mol. The Bertz CT molecular complexity index is 1120. The normalized spacial score (nSPS) is 32.0. The van der Waals surface area contributed by atoms with E-state index in [1.807, 2.05) is 50.3 Å². The Labute approximate surface area is 202 Å². The zero-order valence-corrected chi connectivity index (χ0v) is 20.3. The minimum Gasteiger partial charge on any atom is -0.456 e. The first-order chi connectivity index (χ1) is 16.4. The lowest BCUT2D eigenvalue weighted by Crippen LogP contribution is -2.47. The van der Waals surface area contributed by atoms with Crippen LogP contribution in [0.3, 0.4) is 0 Å². The summed E-state index contributed by atoms with van der Waals surface area (Å²) in [5, 5.41) is 11.0. The highest BCUT2D eigenvalue weighted by Gasteiger charge is 2.67. The van der Waals surface area contributed by atoms with Crippen LogP contribution in [0, 0.1) is 17.8 Å². The predicted octanol–water partition coefficient (Wildman–Crippen LogP) is 5.84.